The summed E-state index contributed by atoms with van der Waals surface area (Å²) in [6.45, 7) is 6.42. The molecule has 13 heavy (non-hydrogen) atoms. The van der Waals surface area contributed by atoms with Gasteiger partial charge >= 0.3 is 5.97 Å². The molecule has 0 atom stereocenters. The van der Waals surface area contributed by atoms with Gasteiger partial charge in [-0.2, -0.15) is 0 Å². The maximum Gasteiger partial charge on any atom is 0.330 e. The standard InChI is InChI=1S/C11H20O2/c1-4-6-7-8-10(3)9-11(12)13-5-2/h9H,4-8H2,1-3H3/b10-9+. The van der Waals surface area contributed by atoms with E-state index in [0.29, 0.717) is 6.61 Å². The smallest absolute Gasteiger partial charge is 0.330 e. The van der Waals surface area contributed by atoms with Gasteiger partial charge < -0.3 is 4.74 Å². The molecule has 0 saturated heterocycles. The second kappa shape index (κ2) is 7.84. The summed E-state index contributed by atoms with van der Waals surface area (Å²) in [6, 6.07) is 0. The monoisotopic (exact) mass is 184 g/mol. The Morgan fingerprint density at radius 2 is 2.00 bits per heavy atom. The third kappa shape index (κ3) is 7.57. The van der Waals surface area contributed by atoms with Crippen LogP contribution in [0.5, 0.6) is 0 Å². The first-order valence-electron chi connectivity index (χ1n) is 5.04. The summed E-state index contributed by atoms with van der Waals surface area (Å²) in [5, 5.41) is 0. The Morgan fingerprint density at radius 3 is 2.54 bits per heavy atom. The lowest BCUT2D eigenvalue weighted by atomic mass is 10.1. The highest BCUT2D eigenvalue weighted by Gasteiger charge is 1.97. The van der Waals surface area contributed by atoms with E-state index in [-0.39, 0.29) is 5.97 Å². The molecule has 0 aliphatic heterocycles. The molecular weight excluding hydrogens is 164 g/mol. The molecule has 0 aliphatic carbocycles. The van der Waals surface area contributed by atoms with Crippen LogP contribution >= 0.6 is 0 Å². The molecule has 76 valence electrons. The van der Waals surface area contributed by atoms with Gasteiger partial charge in [-0.05, 0) is 26.7 Å². The molecular formula is C11H20O2. The Morgan fingerprint density at radius 1 is 1.31 bits per heavy atom. The minimum absolute atomic E-state index is 0.212. The molecule has 0 fully saturated rings. The Bertz CT molecular complexity index is 171. The summed E-state index contributed by atoms with van der Waals surface area (Å²) in [4.78, 5) is 11.0. The quantitative estimate of drug-likeness (QED) is 0.360. The van der Waals surface area contributed by atoms with Gasteiger partial charge in [-0.1, -0.05) is 25.3 Å². The number of esters is 1. The summed E-state index contributed by atoms with van der Waals surface area (Å²) in [6.07, 6.45) is 6.21. The number of ether oxygens (including phenoxy) is 1. The van der Waals surface area contributed by atoms with E-state index in [1.807, 2.05) is 13.8 Å². The van der Waals surface area contributed by atoms with Crippen molar-refractivity contribution in [2.24, 2.45) is 0 Å². The Hall–Kier alpha value is -0.790. The lowest BCUT2D eigenvalue weighted by Crippen LogP contribution is -2.00. The van der Waals surface area contributed by atoms with Gasteiger partial charge in [0.2, 0.25) is 0 Å². The SMILES string of the molecule is CCCCC/C(C)=C/C(=O)OCC. The van der Waals surface area contributed by atoms with Crippen molar-refractivity contribution in [2.45, 2.75) is 46.5 Å². The van der Waals surface area contributed by atoms with Crippen LogP contribution in [0.25, 0.3) is 0 Å². The summed E-state index contributed by atoms with van der Waals surface area (Å²) in [7, 11) is 0. The zero-order valence-corrected chi connectivity index (χ0v) is 8.93. The number of hydrogen-bond donors (Lipinski definition) is 0. The Labute approximate surface area is 81.0 Å². The number of rotatable bonds is 6. The van der Waals surface area contributed by atoms with E-state index in [9.17, 15) is 4.79 Å². The highest BCUT2D eigenvalue weighted by atomic mass is 16.5. The van der Waals surface area contributed by atoms with Crippen molar-refractivity contribution in [1.29, 1.82) is 0 Å². The molecule has 0 spiro atoms. The Balaban J connectivity index is 3.67. The fourth-order valence-electron chi connectivity index (χ4n) is 1.11. The van der Waals surface area contributed by atoms with Crippen LogP contribution in [0.3, 0.4) is 0 Å². The molecule has 2 heteroatoms. The second-order valence-corrected chi connectivity index (χ2v) is 3.20. The van der Waals surface area contributed by atoms with Gasteiger partial charge in [0.15, 0.2) is 0 Å². The molecule has 0 amide bonds. The van der Waals surface area contributed by atoms with Crippen molar-refractivity contribution in [1.82, 2.24) is 0 Å². The zero-order chi connectivity index (χ0) is 10.1. The summed E-state index contributed by atoms with van der Waals surface area (Å²) < 4.78 is 4.80. The minimum atomic E-state index is -0.212. The van der Waals surface area contributed by atoms with Gasteiger partial charge in [-0.3, -0.25) is 0 Å². The number of allylic oxidation sites excluding steroid dienone is 1. The largest absolute Gasteiger partial charge is 0.463 e. The molecule has 0 aliphatic rings. The zero-order valence-electron chi connectivity index (χ0n) is 8.93. The van der Waals surface area contributed by atoms with Gasteiger partial charge in [0.1, 0.15) is 0 Å². The topological polar surface area (TPSA) is 26.3 Å². The van der Waals surface area contributed by atoms with E-state index in [4.69, 9.17) is 4.74 Å². The molecule has 0 bridgehead atoms. The van der Waals surface area contributed by atoms with E-state index < -0.39 is 0 Å². The molecule has 0 unspecified atom stereocenters. The number of carbonyl (C=O) groups is 1. The van der Waals surface area contributed by atoms with Crippen molar-refractivity contribution >= 4 is 5.97 Å². The van der Waals surface area contributed by atoms with Crippen molar-refractivity contribution in [3.05, 3.63) is 11.6 Å². The van der Waals surface area contributed by atoms with Crippen LogP contribution in [0.1, 0.15) is 46.5 Å². The van der Waals surface area contributed by atoms with Gasteiger partial charge in [0, 0.05) is 6.08 Å². The third-order valence-electron chi connectivity index (χ3n) is 1.83. The molecule has 2 nitrogen and oxygen atoms in total. The van der Waals surface area contributed by atoms with Crippen LogP contribution in [-0.2, 0) is 9.53 Å². The fourth-order valence-corrected chi connectivity index (χ4v) is 1.11. The molecule has 0 saturated carbocycles. The average Bonchev–Trinajstić information content (AvgIpc) is 2.05. The second-order valence-electron chi connectivity index (χ2n) is 3.20. The summed E-state index contributed by atoms with van der Waals surface area (Å²) >= 11 is 0. The maximum absolute atomic E-state index is 11.0. The van der Waals surface area contributed by atoms with Crippen LogP contribution < -0.4 is 0 Å². The number of unbranched alkanes of at least 4 members (excludes halogenated alkanes) is 2. The molecule has 0 heterocycles. The molecule has 0 N–H and O–H groups in total. The van der Waals surface area contributed by atoms with Crippen LogP contribution in [0.15, 0.2) is 11.6 Å². The molecule has 0 rings (SSSR count). The predicted octanol–water partition coefficient (Wildman–Crippen LogP) is 3.08. The van der Waals surface area contributed by atoms with E-state index in [1.54, 1.807) is 6.08 Å². The maximum atomic E-state index is 11.0. The van der Waals surface area contributed by atoms with Gasteiger partial charge in [0.05, 0.1) is 6.61 Å². The molecule has 0 aromatic rings. The highest BCUT2D eigenvalue weighted by molar-refractivity contribution is 5.82. The van der Waals surface area contributed by atoms with E-state index in [1.165, 1.54) is 12.8 Å². The van der Waals surface area contributed by atoms with Gasteiger partial charge in [-0.15, -0.1) is 0 Å². The van der Waals surface area contributed by atoms with Crippen LogP contribution in [-0.4, -0.2) is 12.6 Å². The normalized spacial score (nSPS) is 11.5. The van der Waals surface area contributed by atoms with Gasteiger partial charge in [-0.25, -0.2) is 4.79 Å². The van der Waals surface area contributed by atoms with Crippen LogP contribution in [0.2, 0.25) is 0 Å². The first-order chi connectivity index (χ1) is 6.20. The summed E-state index contributed by atoms with van der Waals surface area (Å²) in [5.74, 6) is -0.212. The molecule has 0 aromatic carbocycles. The lowest BCUT2D eigenvalue weighted by Gasteiger charge is -2.00. The molecule has 0 aromatic heterocycles. The lowest BCUT2D eigenvalue weighted by molar-refractivity contribution is -0.137. The fraction of sp³-hybridized carbons (Fsp3) is 0.727. The van der Waals surface area contributed by atoms with Gasteiger partial charge in [0.25, 0.3) is 0 Å². The predicted molar refractivity (Wildman–Crippen MR) is 54.5 cm³/mol. The van der Waals surface area contributed by atoms with Crippen molar-refractivity contribution in [2.75, 3.05) is 6.61 Å². The minimum Gasteiger partial charge on any atom is -0.463 e. The van der Waals surface area contributed by atoms with E-state index in [2.05, 4.69) is 6.92 Å². The number of hydrogen-bond acceptors (Lipinski definition) is 2. The van der Waals surface area contributed by atoms with Crippen molar-refractivity contribution < 1.29 is 9.53 Å². The average molecular weight is 184 g/mol. The highest BCUT2D eigenvalue weighted by Crippen LogP contribution is 2.07. The third-order valence-corrected chi connectivity index (χ3v) is 1.83. The summed E-state index contributed by atoms with van der Waals surface area (Å²) in [5.41, 5.74) is 1.12. The number of carbonyl (C=O) groups excluding carboxylic acids is 1. The van der Waals surface area contributed by atoms with Crippen molar-refractivity contribution in [3.63, 3.8) is 0 Å². The van der Waals surface area contributed by atoms with Crippen LogP contribution in [0.4, 0.5) is 0 Å². The molecule has 0 radical (unpaired) electrons. The van der Waals surface area contributed by atoms with E-state index in [0.717, 1.165) is 18.4 Å². The van der Waals surface area contributed by atoms with E-state index >= 15 is 0 Å². The first kappa shape index (κ1) is 12.2. The Kier molecular flexibility index (Phi) is 7.36. The first-order valence-corrected chi connectivity index (χ1v) is 5.04. The van der Waals surface area contributed by atoms with Crippen molar-refractivity contribution in [3.8, 4) is 0 Å². The van der Waals surface area contributed by atoms with Crippen LogP contribution in [0, 0.1) is 0 Å².